The van der Waals surface area contributed by atoms with E-state index < -0.39 is 12.3 Å². The molecule has 1 saturated heterocycles. The monoisotopic (exact) mass is 474 g/mol. The quantitative estimate of drug-likeness (QED) is 0.479. The third-order valence-corrected chi connectivity index (χ3v) is 5.89. The molecule has 3 heterocycles. The van der Waals surface area contributed by atoms with E-state index in [0.29, 0.717) is 28.9 Å². The van der Waals surface area contributed by atoms with Crippen LogP contribution in [0, 0.1) is 0 Å². The minimum Gasteiger partial charge on any atom is -0.493 e. The van der Waals surface area contributed by atoms with E-state index in [9.17, 15) is 4.79 Å². The van der Waals surface area contributed by atoms with Gasteiger partial charge in [0.1, 0.15) is 18.2 Å². The van der Waals surface area contributed by atoms with E-state index in [2.05, 4.69) is 15.1 Å². The fourth-order valence-electron chi connectivity index (χ4n) is 4.17. The molecule has 0 bridgehead atoms. The molecule has 1 aliphatic rings. The fourth-order valence-corrected chi connectivity index (χ4v) is 4.17. The molecule has 2 N–H and O–H groups in total. The normalized spacial score (nSPS) is 18.0. The summed E-state index contributed by atoms with van der Waals surface area (Å²) in [5, 5.41) is 5.35. The van der Waals surface area contributed by atoms with Gasteiger partial charge in [-0.05, 0) is 13.0 Å². The van der Waals surface area contributed by atoms with Gasteiger partial charge >= 0.3 is 6.09 Å². The zero-order valence-electron chi connectivity index (χ0n) is 19.7. The molecule has 10 nitrogen and oxygen atoms in total. The van der Waals surface area contributed by atoms with Gasteiger partial charge in [0, 0.05) is 35.8 Å². The number of nitrogens with zero attached hydrogens (tertiary/aromatic N) is 5. The third kappa shape index (κ3) is 4.41. The molecule has 0 aliphatic carbocycles. The van der Waals surface area contributed by atoms with Crippen molar-refractivity contribution in [2.24, 2.45) is 12.8 Å². The van der Waals surface area contributed by atoms with Crippen molar-refractivity contribution < 1.29 is 19.0 Å². The van der Waals surface area contributed by atoms with Crippen LogP contribution >= 0.6 is 0 Å². The number of amides is 1. The summed E-state index contributed by atoms with van der Waals surface area (Å²) in [6.45, 7) is 2.46. The number of methoxy groups -OCH3 is 1. The lowest BCUT2D eigenvalue weighted by Gasteiger charge is -2.35. The maximum Gasteiger partial charge on any atom is 0.416 e. The lowest BCUT2D eigenvalue weighted by molar-refractivity contribution is -0.0421. The average molecular weight is 475 g/mol. The summed E-state index contributed by atoms with van der Waals surface area (Å²) in [7, 11) is 3.37. The number of aryl methyl sites for hydroxylation is 1. The molecular formula is C25H26N6O4. The number of morpholine rings is 1. The topological polar surface area (TPSA) is 118 Å². The van der Waals surface area contributed by atoms with Crippen LogP contribution in [0.4, 0.5) is 4.79 Å². The summed E-state index contributed by atoms with van der Waals surface area (Å²) in [5.74, 6) is 0.623. The number of fused-ring (bicyclic) bond motifs is 1. The summed E-state index contributed by atoms with van der Waals surface area (Å²) < 4.78 is 18.5. The Labute approximate surface area is 202 Å². The number of aromatic nitrogens is 4. The maximum atomic E-state index is 13.0. The van der Waals surface area contributed by atoms with Gasteiger partial charge in [0.2, 0.25) is 0 Å². The van der Waals surface area contributed by atoms with Crippen molar-refractivity contribution in [3.8, 4) is 34.0 Å². The number of ether oxygens (including phenoxy) is 3. The first-order valence-electron chi connectivity index (χ1n) is 11.2. The predicted molar refractivity (Wildman–Crippen MR) is 130 cm³/mol. The van der Waals surface area contributed by atoms with Crippen LogP contribution in [0.1, 0.15) is 6.92 Å². The Hall–Kier alpha value is -4.02. The lowest BCUT2D eigenvalue weighted by atomic mass is 10.0. The Balaban J connectivity index is 1.59. The molecule has 0 saturated carbocycles. The minimum atomic E-state index is -0.590. The predicted octanol–water partition coefficient (Wildman–Crippen LogP) is 3.21. The average Bonchev–Trinajstić information content (AvgIpc) is 3.26. The molecular weight excluding hydrogens is 448 g/mol. The van der Waals surface area contributed by atoms with Gasteiger partial charge in [-0.3, -0.25) is 9.58 Å². The maximum absolute atomic E-state index is 13.0. The molecule has 2 atom stereocenters. The number of benzene rings is 2. The Morgan fingerprint density at radius 2 is 1.94 bits per heavy atom. The number of rotatable bonds is 4. The van der Waals surface area contributed by atoms with Gasteiger partial charge in [-0.2, -0.15) is 5.10 Å². The van der Waals surface area contributed by atoms with Crippen molar-refractivity contribution in [1.82, 2.24) is 24.6 Å². The smallest absolute Gasteiger partial charge is 0.416 e. The number of hydrogen-bond donors (Lipinski definition) is 1. The molecule has 1 fully saturated rings. The van der Waals surface area contributed by atoms with Crippen LogP contribution in [-0.4, -0.2) is 63.3 Å². The SMILES string of the molecule is COc1cc2ncnc(-c3cn(C)nc3-c3ccccc3)c2cc1OC(=O)N1C[C@@H](C)OC[C@@H]1N. The van der Waals surface area contributed by atoms with Crippen LogP contribution in [0.5, 0.6) is 11.5 Å². The lowest BCUT2D eigenvalue weighted by Crippen LogP contribution is -2.56. The number of carbonyl (C=O) groups excluding carboxylic acids is 1. The van der Waals surface area contributed by atoms with Gasteiger partial charge in [0.15, 0.2) is 11.5 Å². The van der Waals surface area contributed by atoms with Crippen LogP contribution in [0.3, 0.4) is 0 Å². The molecule has 0 radical (unpaired) electrons. The van der Waals surface area contributed by atoms with Crippen molar-refractivity contribution in [1.29, 1.82) is 0 Å². The third-order valence-electron chi connectivity index (χ3n) is 5.89. The molecule has 0 unspecified atom stereocenters. The number of nitrogens with two attached hydrogens (primary N) is 1. The molecule has 35 heavy (non-hydrogen) atoms. The first-order valence-corrected chi connectivity index (χ1v) is 11.2. The van der Waals surface area contributed by atoms with Crippen molar-refractivity contribution in [2.45, 2.75) is 19.2 Å². The summed E-state index contributed by atoms with van der Waals surface area (Å²) >= 11 is 0. The van der Waals surface area contributed by atoms with E-state index in [1.807, 2.05) is 50.5 Å². The molecule has 0 spiro atoms. The summed E-state index contributed by atoms with van der Waals surface area (Å²) in [4.78, 5) is 23.4. The molecule has 180 valence electrons. The molecule has 2 aromatic heterocycles. The van der Waals surface area contributed by atoms with E-state index >= 15 is 0 Å². The van der Waals surface area contributed by atoms with Crippen molar-refractivity contribution in [2.75, 3.05) is 20.3 Å². The molecule has 5 rings (SSSR count). The molecule has 4 aromatic rings. The molecule has 1 amide bonds. The largest absolute Gasteiger partial charge is 0.493 e. The van der Waals surface area contributed by atoms with Gasteiger partial charge in [0.25, 0.3) is 0 Å². The second-order valence-electron chi connectivity index (χ2n) is 8.41. The van der Waals surface area contributed by atoms with E-state index in [4.69, 9.17) is 19.9 Å². The Kier molecular flexibility index (Phi) is 6.06. The van der Waals surface area contributed by atoms with Crippen LogP contribution in [0.15, 0.2) is 55.0 Å². The zero-order valence-corrected chi connectivity index (χ0v) is 19.7. The molecule has 2 aromatic carbocycles. The van der Waals surface area contributed by atoms with Gasteiger partial charge in [-0.1, -0.05) is 30.3 Å². The van der Waals surface area contributed by atoms with Crippen molar-refractivity contribution >= 4 is 17.0 Å². The number of hydrogen-bond acceptors (Lipinski definition) is 8. The van der Waals surface area contributed by atoms with Crippen LogP contribution < -0.4 is 15.2 Å². The fraction of sp³-hybridized carbons (Fsp3) is 0.280. The first-order chi connectivity index (χ1) is 16.9. The minimum absolute atomic E-state index is 0.136. The van der Waals surface area contributed by atoms with Gasteiger partial charge in [-0.25, -0.2) is 14.8 Å². The van der Waals surface area contributed by atoms with E-state index in [0.717, 1.165) is 16.8 Å². The second kappa shape index (κ2) is 9.32. The summed E-state index contributed by atoms with van der Waals surface area (Å²) in [6, 6.07) is 13.3. The van der Waals surface area contributed by atoms with Gasteiger partial charge < -0.3 is 19.9 Å². The Morgan fingerprint density at radius 1 is 1.14 bits per heavy atom. The van der Waals surface area contributed by atoms with E-state index in [1.165, 1.54) is 18.3 Å². The van der Waals surface area contributed by atoms with Gasteiger partial charge in [0.05, 0.1) is 37.6 Å². The van der Waals surface area contributed by atoms with Crippen molar-refractivity contribution in [3.63, 3.8) is 0 Å². The van der Waals surface area contributed by atoms with E-state index in [-0.39, 0.29) is 18.5 Å². The Morgan fingerprint density at radius 3 is 2.71 bits per heavy atom. The Bertz CT molecular complexity index is 1370. The second-order valence-corrected chi connectivity index (χ2v) is 8.41. The summed E-state index contributed by atoms with van der Waals surface area (Å²) in [5.41, 5.74) is 9.96. The molecule has 10 heteroatoms. The molecule has 1 aliphatic heterocycles. The highest BCUT2D eigenvalue weighted by Crippen LogP contribution is 2.38. The highest BCUT2D eigenvalue weighted by molar-refractivity contribution is 5.97. The van der Waals surface area contributed by atoms with Crippen molar-refractivity contribution in [3.05, 3.63) is 55.0 Å². The first kappa shape index (κ1) is 22.8. The van der Waals surface area contributed by atoms with Crippen LogP contribution in [0.25, 0.3) is 33.4 Å². The van der Waals surface area contributed by atoms with E-state index in [1.54, 1.807) is 16.8 Å². The van der Waals surface area contributed by atoms with Crippen LogP contribution in [0.2, 0.25) is 0 Å². The highest BCUT2D eigenvalue weighted by atomic mass is 16.6. The standard InChI is InChI=1S/C25H26N6O4/c1-15-11-31(22(26)13-34-15)25(32)35-21-9-17-19(10-20(21)33-3)27-14-28-24(17)18-12-30(2)29-23(18)16-7-5-4-6-8-16/h4-10,12,14-15,22H,11,13,26H2,1-3H3/t15-,22-/m1/s1. The van der Waals surface area contributed by atoms with Crippen LogP contribution in [-0.2, 0) is 11.8 Å². The number of carbonyl (C=O) groups is 1. The zero-order chi connectivity index (χ0) is 24.5. The van der Waals surface area contributed by atoms with Gasteiger partial charge in [-0.15, -0.1) is 0 Å². The highest BCUT2D eigenvalue weighted by Gasteiger charge is 2.30. The summed E-state index contributed by atoms with van der Waals surface area (Å²) in [6.07, 6.45) is 2.11.